The largest absolute Gasteiger partial charge is 0.339 e. The fourth-order valence-corrected chi connectivity index (χ4v) is 1.75. The molecule has 0 aromatic carbocycles. The summed E-state index contributed by atoms with van der Waals surface area (Å²) in [6.45, 7) is 7.85. The molecule has 0 aliphatic heterocycles. The van der Waals surface area contributed by atoms with Crippen molar-refractivity contribution in [3.63, 3.8) is 0 Å². The number of nitrogens with zero attached hydrogens (tertiary/aromatic N) is 2. The van der Waals surface area contributed by atoms with Crippen LogP contribution in [0.3, 0.4) is 0 Å². The first kappa shape index (κ1) is 10.9. The molecule has 0 saturated heterocycles. The van der Waals surface area contributed by atoms with Gasteiger partial charge in [-0.1, -0.05) is 19.0 Å². The summed E-state index contributed by atoms with van der Waals surface area (Å²) in [5, 5.41) is 3.82. The Morgan fingerprint density at radius 2 is 1.93 bits per heavy atom. The van der Waals surface area contributed by atoms with Crippen LogP contribution in [0.1, 0.15) is 24.6 Å². The van der Waals surface area contributed by atoms with Crippen molar-refractivity contribution in [2.75, 3.05) is 0 Å². The quantitative estimate of drug-likeness (QED) is 0.723. The second-order valence-electron chi connectivity index (χ2n) is 2.55. The van der Waals surface area contributed by atoms with Gasteiger partial charge in [-0.2, -0.15) is 4.98 Å². The molecule has 0 bridgehead atoms. The molecule has 14 heavy (non-hydrogen) atoms. The van der Waals surface area contributed by atoms with E-state index in [0.29, 0.717) is 11.7 Å². The van der Waals surface area contributed by atoms with Crippen molar-refractivity contribution in [2.45, 2.75) is 27.7 Å². The average Bonchev–Trinajstić information content (AvgIpc) is 2.78. The zero-order valence-corrected chi connectivity index (χ0v) is 9.68. The minimum atomic E-state index is 0.607. The minimum Gasteiger partial charge on any atom is -0.339 e. The molecule has 2 rings (SSSR count). The van der Waals surface area contributed by atoms with Crippen LogP contribution < -0.4 is 0 Å². The Kier molecular flexibility index (Phi) is 3.83. The van der Waals surface area contributed by atoms with Gasteiger partial charge in [0.2, 0.25) is 11.7 Å². The third kappa shape index (κ3) is 2.42. The van der Waals surface area contributed by atoms with Crippen LogP contribution in [0.15, 0.2) is 16.7 Å². The van der Waals surface area contributed by atoms with Crippen molar-refractivity contribution in [1.29, 1.82) is 0 Å². The van der Waals surface area contributed by atoms with Crippen molar-refractivity contribution in [3.8, 4) is 10.7 Å². The van der Waals surface area contributed by atoms with Gasteiger partial charge in [-0.3, -0.25) is 0 Å². The van der Waals surface area contributed by atoms with Crippen molar-refractivity contribution in [3.05, 3.63) is 22.9 Å². The molecular formula is C10H14N2OS. The molecular weight excluding hydrogens is 196 g/mol. The van der Waals surface area contributed by atoms with Gasteiger partial charge in [-0.15, -0.1) is 11.3 Å². The summed E-state index contributed by atoms with van der Waals surface area (Å²) in [6.07, 6.45) is 0. The molecule has 4 heteroatoms. The highest BCUT2D eigenvalue weighted by Gasteiger charge is 2.06. The van der Waals surface area contributed by atoms with Crippen LogP contribution in [0.2, 0.25) is 0 Å². The van der Waals surface area contributed by atoms with E-state index >= 15 is 0 Å². The molecule has 0 amide bonds. The molecule has 0 radical (unpaired) electrons. The molecule has 76 valence electrons. The van der Waals surface area contributed by atoms with E-state index in [9.17, 15) is 0 Å². The van der Waals surface area contributed by atoms with E-state index in [1.54, 1.807) is 18.3 Å². The van der Waals surface area contributed by atoms with Crippen LogP contribution in [0.5, 0.6) is 0 Å². The fraction of sp³-hybridized carbons (Fsp3) is 0.400. The van der Waals surface area contributed by atoms with Crippen LogP contribution in [-0.4, -0.2) is 10.1 Å². The highest BCUT2D eigenvalue weighted by Crippen LogP contribution is 2.24. The molecule has 0 fully saturated rings. The van der Waals surface area contributed by atoms with Gasteiger partial charge in [0, 0.05) is 11.8 Å². The van der Waals surface area contributed by atoms with Crippen molar-refractivity contribution >= 4 is 11.3 Å². The number of hydrogen-bond donors (Lipinski definition) is 0. The van der Waals surface area contributed by atoms with Crippen molar-refractivity contribution in [1.82, 2.24) is 10.1 Å². The van der Waals surface area contributed by atoms with Gasteiger partial charge in [-0.25, -0.2) is 0 Å². The molecule has 2 aromatic heterocycles. The van der Waals surface area contributed by atoms with E-state index in [1.165, 1.54) is 4.88 Å². The third-order valence-corrected chi connectivity index (χ3v) is 2.48. The standard InChI is InChI=1S/C8H8N2OS.C2H6/c1-5-3-4-7(12-5)8-9-6(2)11-10-8;1-2/h3-4H,1-2H3;1-2H3. The number of hydrogen-bond acceptors (Lipinski definition) is 4. The monoisotopic (exact) mass is 210 g/mol. The molecule has 0 unspecified atom stereocenters. The van der Waals surface area contributed by atoms with Crippen LogP contribution in [-0.2, 0) is 0 Å². The first-order valence-corrected chi connectivity index (χ1v) is 5.44. The summed E-state index contributed by atoms with van der Waals surface area (Å²) >= 11 is 1.67. The molecule has 0 saturated carbocycles. The van der Waals surface area contributed by atoms with E-state index in [-0.39, 0.29) is 0 Å². The molecule has 2 heterocycles. The average molecular weight is 210 g/mol. The van der Waals surface area contributed by atoms with Crippen LogP contribution in [0, 0.1) is 13.8 Å². The van der Waals surface area contributed by atoms with E-state index in [2.05, 4.69) is 17.1 Å². The first-order chi connectivity index (χ1) is 6.75. The van der Waals surface area contributed by atoms with Gasteiger partial charge in [0.1, 0.15) is 0 Å². The summed E-state index contributed by atoms with van der Waals surface area (Å²) in [5.74, 6) is 1.29. The van der Waals surface area contributed by atoms with Crippen LogP contribution >= 0.6 is 11.3 Å². The fourth-order valence-electron chi connectivity index (χ4n) is 0.954. The van der Waals surface area contributed by atoms with E-state index in [0.717, 1.165) is 4.88 Å². The summed E-state index contributed by atoms with van der Waals surface area (Å²) in [6, 6.07) is 4.05. The van der Waals surface area contributed by atoms with Gasteiger partial charge < -0.3 is 4.52 Å². The highest BCUT2D eigenvalue weighted by molar-refractivity contribution is 7.15. The zero-order valence-electron chi connectivity index (χ0n) is 8.87. The molecule has 0 N–H and O–H groups in total. The van der Waals surface area contributed by atoms with Gasteiger partial charge in [0.05, 0.1) is 4.88 Å². The van der Waals surface area contributed by atoms with Gasteiger partial charge in [-0.05, 0) is 19.1 Å². The van der Waals surface area contributed by atoms with Crippen LogP contribution in [0.4, 0.5) is 0 Å². The lowest BCUT2D eigenvalue weighted by Crippen LogP contribution is -1.73. The molecule has 0 aliphatic rings. The minimum absolute atomic E-state index is 0.607. The van der Waals surface area contributed by atoms with Gasteiger partial charge in [0.15, 0.2) is 0 Å². The summed E-state index contributed by atoms with van der Waals surface area (Å²) in [7, 11) is 0. The number of rotatable bonds is 1. The van der Waals surface area contributed by atoms with E-state index in [1.807, 2.05) is 26.0 Å². The molecule has 2 aromatic rings. The Morgan fingerprint density at radius 3 is 2.36 bits per heavy atom. The second kappa shape index (κ2) is 4.91. The van der Waals surface area contributed by atoms with E-state index in [4.69, 9.17) is 4.52 Å². The Labute approximate surface area is 87.8 Å². The maximum atomic E-state index is 4.87. The third-order valence-electron chi connectivity index (χ3n) is 1.49. The van der Waals surface area contributed by atoms with Crippen LogP contribution in [0.25, 0.3) is 10.7 Å². The summed E-state index contributed by atoms with van der Waals surface area (Å²) in [5.41, 5.74) is 0. The summed E-state index contributed by atoms with van der Waals surface area (Å²) in [4.78, 5) is 6.44. The summed E-state index contributed by atoms with van der Waals surface area (Å²) < 4.78 is 4.87. The Balaban J connectivity index is 0.000000461. The van der Waals surface area contributed by atoms with Gasteiger partial charge in [0.25, 0.3) is 0 Å². The Morgan fingerprint density at radius 1 is 1.21 bits per heavy atom. The number of aromatic nitrogens is 2. The lowest BCUT2D eigenvalue weighted by Gasteiger charge is -1.81. The van der Waals surface area contributed by atoms with E-state index < -0.39 is 0 Å². The smallest absolute Gasteiger partial charge is 0.223 e. The topological polar surface area (TPSA) is 38.9 Å². The first-order valence-electron chi connectivity index (χ1n) is 4.63. The molecule has 0 aliphatic carbocycles. The van der Waals surface area contributed by atoms with Crippen molar-refractivity contribution < 1.29 is 4.52 Å². The molecule has 0 atom stereocenters. The lowest BCUT2D eigenvalue weighted by molar-refractivity contribution is 0.394. The zero-order chi connectivity index (χ0) is 10.6. The Bertz CT molecular complexity index is 354. The Hall–Kier alpha value is -1.16. The number of thiophene rings is 1. The highest BCUT2D eigenvalue weighted by atomic mass is 32.1. The second-order valence-corrected chi connectivity index (χ2v) is 3.84. The number of aryl methyl sites for hydroxylation is 2. The molecule has 0 spiro atoms. The maximum absolute atomic E-state index is 4.87. The normalized spacial score (nSPS) is 9.43. The predicted octanol–water partition coefficient (Wildman–Crippen LogP) is 3.44. The van der Waals surface area contributed by atoms with Gasteiger partial charge >= 0.3 is 0 Å². The van der Waals surface area contributed by atoms with Crippen molar-refractivity contribution in [2.24, 2.45) is 0 Å². The lowest BCUT2D eigenvalue weighted by atomic mass is 10.4. The SMILES string of the molecule is CC.Cc1nc(-c2ccc(C)s2)no1. The molecule has 3 nitrogen and oxygen atoms in total. The maximum Gasteiger partial charge on any atom is 0.223 e. The predicted molar refractivity (Wildman–Crippen MR) is 58.4 cm³/mol.